The topological polar surface area (TPSA) is 59.5 Å². The zero-order chi connectivity index (χ0) is 21.3. The highest BCUT2D eigenvalue weighted by molar-refractivity contribution is 6.07. The maximum Gasteiger partial charge on any atom is 0.339 e. The second-order valence-corrected chi connectivity index (χ2v) is 7.78. The van der Waals surface area contributed by atoms with E-state index in [2.05, 4.69) is 37.3 Å². The molecule has 1 heterocycles. The van der Waals surface area contributed by atoms with Crippen molar-refractivity contribution in [2.24, 2.45) is 0 Å². The number of hydrogen-bond donors (Lipinski definition) is 0. The summed E-state index contributed by atoms with van der Waals surface area (Å²) in [6.45, 7) is 1.79. The Kier molecular flexibility index (Phi) is 5.36. The summed E-state index contributed by atoms with van der Waals surface area (Å²) < 4.78 is 5.37. The van der Waals surface area contributed by atoms with Gasteiger partial charge in [0.2, 0.25) is 0 Å². The number of hydrogen-bond acceptors (Lipinski definition) is 4. The van der Waals surface area contributed by atoms with Gasteiger partial charge >= 0.3 is 5.97 Å². The molecule has 0 N–H and O–H groups in total. The van der Waals surface area contributed by atoms with Crippen LogP contribution < -0.4 is 0 Å². The van der Waals surface area contributed by atoms with Gasteiger partial charge in [-0.15, -0.1) is 0 Å². The third-order valence-electron chi connectivity index (χ3n) is 5.39. The first-order valence-corrected chi connectivity index (χ1v) is 10.0. The maximum atomic E-state index is 13.0. The number of fused-ring (bicyclic) bond motifs is 2. The average molecular weight is 400 g/mol. The maximum absolute atomic E-state index is 13.0. The summed E-state index contributed by atoms with van der Waals surface area (Å²) in [7, 11) is 3.27. The van der Waals surface area contributed by atoms with E-state index in [1.165, 1.54) is 10.5 Å². The van der Waals surface area contributed by atoms with Crippen LogP contribution in [-0.4, -0.2) is 42.5 Å². The Morgan fingerprint density at radius 3 is 2.53 bits per heavy atom. The van der Waals surface area contributed by atoms with Crippen molar-refractivity contribution in [2.75, 3.05) is 20.7 Å². The molecular weight excluding hydrogens is 376 g/mol. The number of carbonyl (C=O) groups excluding carboxylic acids is 2. The molecule has 1 amide bonds. The van der Waals surface area contributed by atoms with Crippen molar-refractivity contribution in [3.8, 4) is 0 Å². The van der Waals surface area contributed by atoms with Gasteiger partial charge < -0.3 is 9.64 Å². The van der Waals surface area contributed by atoms with E-state index in [9.17, 15) is 9.59 Å². The standard InChI is InChI=1S/C25H24N2O3/c1-16-8-10-17(11-9-16)14-18-12-13-20-23(25(29)30-15-22(28)27(2)3)19-6-4-5-7-21(19)26-24(18)20/h4-11,14H,12-13,15H2,1-3H3/b18-14+. The number of aromatic nitrogens is 1. The molecule has 3 aromatic rings. The first-order chi connectivity index (χ1) is 14.4. The monoisotopic (exact) mass is 400 g/mol. The molecule has 1 aromatic heterocycles. The van der Waals surface area contributed by atoms with Gasteiger partial charge in [0, 0.05) is 19.5 Å². The normalized spacial score (nSPS) is 14.0. The molecule has 0 fully saturated rings. The van der Waals surface area contributed by atoms with E-state index in [1.54, 1.807) is 14.1 Å². The van der Waals surface area contributed by atoms with E-state index in [1.807, 2.05) is 24.3 Å². The third kappa shape index (κ3) is 3.83. The van der Waals surface area contributed by atoms with Crippen molar-refractivity contribution < 1.29 is 14.3 Å². The van der Waals surface area contributed by atoms with Crippen LogP contribution in [-0.2, 0) is 16.0 Å². The summed E-state index contributed by atoms with van der Waals surface area (Å²) in [6, 6.07) is 15.9. The van der Waals surface area contributed by atoms with E-state index in [-0.39, 0.29) is 12.5 Å². The number of amides is 1. The van der Waals surface area contributed by atoms with Crippen LogP contribution in [0.3, 0.4) is 0 Å². The molecule has 30 heavy (non-hydrogen) atoms. The Hall–Kier alpha value is -3.47. The predicted molar refractivity (Wildman–Crippen MR) is 118 cm³/mol. The lowest BCUT2D eigenvalue weighted by molar-refractivity contribution is -0.131. The minimum Gasteiger partial charge on any atom is -0.452 e. The van der Waals surface area contributed by atoms with Gasteiger partial charge in [-0.25, -0.2) is 9.78 Å². The van der Waals surface area contributed by atoms with Gasteiger partial charge in [-0.3, -0.25) is 4.79 Å². The third-order valence-corrected chi connectivity index (χ3v) is 5.39. The van der Waals surface area contributed by atoms with Gasteiger partial charge in [-0.1, -0.05) is 48.0 Å². The van der Waals surface area contributed by atoms with Crippen LogP contribution in [0.15, 0.2) is 48.5 Å². The Labute approximate surface area is 176 Å². The molecule has 0 spiro atoms. The van der Waals surface area contributed by atoms with Crippen LogP contribution in [0, 0.1) is 6.92 Å². The molecule has 0 saturated carbocycles. The average Bonchev–Trinajstić information content (AvgIpc) is 3.13. The van der Waals surface area contributed by atoms with Crippen LogP contribution in [0.25, 0.3) is 22.6 Å². The van der Waals surface area contributed by atoms with E-state index in [0.29, 0.717) is 5.56 Å². The fourth-order valence-corrected chi connectivity index (χ4v) is 3.70. The van der Waals surface area contributed by atoms with Crippen LogP contribution >= 0.6 is 0 Å². The van der Waals surface area contributed by atoms with E-state index < -0.39 is 5.97 Å². The number of pyridine rings is 1. The second kappa shape index (κ2) is 8.11. The Morgan fingerprint density at radius 1 is 1.07 bits per heavy atom. The van der Waals surface area contributed by atoms with E-state index in [4.69, 9.17) is 9.72 Å². The number of rotatable bonds is 4. The number of nitrogens with zero attached hydrogens (tertiary/aromatic N) is 2. The largest absolute Gasteiger partial charge is 0.452 e. The SMILES string of the molecule is Cc1ccc(/C=C2\CCc3c2nc2ccccc2c3C(=O)OCC(=O)N(C)C)cc1. The quantitative estimate of drug-likeness (QED) is 0.614. The summed E-state index contributed by atoms with van der Waals surface area (Å²) in [5, 5.41) is 0.759. The van der Waals surface area contributed by atoms with Crippen LogP contribution in [0.4, 0.5) is 0 Å². The number of ether oxygens (including phenoxy) is 1. The van der Waals surface area contributed by atoms with Crippen LogP contribution in [0.1, 0.15) is 39.2 Å². The smallest absolute Gasteiger partial charge is 0.339 e. The predicted octanol–water partition coefficient (Wildman–Crippen LogP) is 4.28. The number of para-hydroxylation sites is 1. The molecule has 0 bridgehead atoms. The number of esters is 1. The highest BCUT2D eigenvalue weighted by Gasteiger charge is 2.28. The Morgan fingerprint density at radius 2 is 1.80 bits per heavy atom. The van der Waals surface area contributed by atoms with Crippen LogP contribution in [0.5, 0.6) is 0 Å². The number of benzene rings is 2. The first kappa shape index (κ1) is 19.8. The van der Waals surface area contributed by atoms with Crippen molar-refractivity contribution in [1.82, 2.24) is 9.88 Å². The molecular formula is C25H24N2O3. The molecule has 0 unspecified atom stereocenters. The summed E-state index contributed by atoms with van der Waals surface area (Å²) in [4.78, 5) is 31.2. The van der Waals surface area contributed by atoms with Crippen molar-refractivity contribution in [3.05, 3.63) is 76.5 Å². The number of allylic oxidation sites excluding steroid dienone is 1. The molecule has 0 aliphatic heterocycles. The highest BCUT2D eigenvalue weighted by Crippen LogP contribution is 2.37. The summed E-state index contributed by atoms with van der Waals surface area (Å²) in [6.07, 6.45) is 3.66. The van der Waals surface area contributed by atoms with Crippen molar-refractivity contribution in [2.45, 2.75) is 19.8 Å². The zero-order valence-electron chi connectivity index (χ0n) is 17.4. The molecule has 0 radical (unpaired) electrons. The van der Waals surface area contributed by atoms with Gasteiger partial charge in [0.1, 0.15) is 0 Å². The van der Waals surface area contributed by atoms with Gasteiger partial charge in [0.15, 0.2) is 6.61 Å². The van der Waals surface area contributed by atoms with Crippen LogP contribution in [0.2, 0.25) is 0 Å². The van der Waals surface area contributed by atoms with Crippen molar-refractivity contribution >= 4 is 34.4 Å². The highest BCUT2D eigenvalue weighted by atomic mass is 16.5. The second-order valence-electron chi connectivity index (χ2n) is 7.78. The summed E-state index contributed by atoms with van der Waals surface area (Å²) in [5.74, 6) is -0.727. The minimum absolute atomic E-state index is 0.252. The van der Waals surface area contributed by atoms with E-state index >= 15 is 0 Å². The zero-order valence-corrected chi connectivity index (χ0v) is 17.4. The molecule has 0 saturated heterocycles. The number of carbonyl (C=O) groups is 2. The summed E-state index contributed by atoms with van der Waals surface area (Å²) in [5.41, 5.74) is 6.45. The molecule has 1 aliphatic rings. The first-order valence-electron chi connectivity index (χ1n) is 10.0. The molecule has 4 rings (SSSR count). The lowest BCUT2D eigenvalue weighted by Gasteiger charge is -2.14. The fraction of sp³-hybridized carbons (Fsp3) is 0.240. The molecule has 152 valence electrons. The Balaban J connectivity index is 1.77. The van der Waals surface area contributed by atoms with Gasteiger partial charge in [0.25, 0.3) is 5.91 Å². The lowest BCUT2D eigenvalue weighted by atomic mass is 10.0. The molecule has 0 atom stereocenters. The van der Waals surface area contributed by atoms with Crippen molar-refractivity contribution in [3.63, 3.8) is 0 Å². The van der Waals surface area contributed by atoms with Gasteiger partial charge in [-0.05, 0) is 48.6 Å². The molecule has 5 nitrogen and oxygen atoms in total. The van der Waals surface area contributed by atoms with E-state index in [0.717, 1.165) is 46.1 Å². The number of likely N-dealkylation sites (N-methyl/N-ethyl adjacent to an activating group) is 1. The van der Waals surface area contributed by atoms with Gasteiger partial charge in [-0.2, -0.15) is 0 Å². The number of aryl methyl sites for hydroxylation is 1. The molecule has 5 heteroatoms. The fourth-order valence-electron chi connectivity index (χ4n) is 3.70. The van der Waals surface area contributed by atoms with Gasteiger partial charge in [0.05, 0.1) is 16.8 Å². The molecule has 1 aliphatic carbocycles. The molecule has 2 aromatic carbocycles. The Bertz CT molecular complexity index is 1160. The summed E-state index contributed by atoms with van der Waals surface area (Å²) >= 11 is 0. The minimum atomic E-state index is -0.475. The lowest BCUT2D eigenvalue weighted by Crippen LogP contribution is -2.27. The van der Waals surface area contributed by atoms with Crippen molar-refractivity contribution in [1.29, 1.82) is 0 Å².